The summed E-state index contributed by atoms with van der Waals surface area (Å²) in [6.45, 7) is 4.58. The van der Waals surface area contributed by atoms with E-state index < -0.39 is 0 Å². The molecule has 110 valence electrons. The lowest BCUT2D eigenvalue weighted by molar-refractivity contribution is -0.120. The molecule has 2 rings (SSSR count). The van der Waals surface area contributed by atoms with Crippen molar-refractivity contribution >= 4 is 29.0 Å². The van der Waals surface area contributed by atoms with Gasteiger partial charge in [0.2, 0.25) is 5.91 Å². The first-order valence-corrected chi connectivity index (χ1v) is 8.77. The Morgan fingerprint density at radius 3 is 3.00 bits per heavy atom. The number of allylic oxidation sites excluding steroid dienone is 1. The molecule has 6 heteroatoms. The molecule has 4 nitrogen and oxygen atoms in total. The number of nitrogens with zero attached hydrogens (tertiary/aromatic N) is 2. The molecule has 0 bridgehead atoms. The molecule has 1 aromatic heterocycles. The number of hydrogen-bond donors (Lipinski definition) is 1. The summed E-state index contributed by atoms with van der Waals surface area (Å²) in [5.41, 5.74) is 1.50. The Labute approximate surface area is 128 Å². The third-order valence-electron chi connectivity index (χ3n) is 3.28. The van der Waals surface area contributed by atoms with Crippen molar-refractivity contribution in [2.24, 2.45) is 0 Å². The predicted octanol–water partition coefficient (Wildman–Crippen LogP) is 3.33. The SMILES string of the molecule is Cc1nnc(S[C@@H](C)C(=O)NCCC2=CCCCC2)s1. The van der Waals surface area contributed by atoms with Crippen LogP contribution >= 0.6 is 23.1 Å². The highest BCUT2D eigenvalue weighted by Crippen LogP contribution is 2.26. The first-order chi connectivity index (χ1) is 9.65. The monoisotopic (exact) mass is 311 g/mol. The van der Waals surface area contributed by atoms with Crippen LogP contribution in [0.1, 0.15) is 44.0 Å². The maximum Gasteiger partial charge on any atom is 0.233 e. The van der Waals surface area contributed by atoms with E-state index in [1.54, 1.807) is 0 Å². The second kappa shape index (κ2) is 7.78. The first kappa shape index (κ1) is 15.5. The van der Waals surface area contributed by atoms with Gasteiger partial charge in [-0.1, -0.05) is 34.7 Å². The fourth-order valence-electron chi connectivity index (χ4n) is 2.15. The summed E-state index contributed by atoms with van der Waals surface area (Å²) in [5, 5.41) is 11.8. The van der Waals surface area contributed by atoms with Crippen LogP contribution in [0.5, 0.6) is 0 Å². The Balaban J connectivity index is 1.69. The van der Waals surface area contributed by atoms with Crippen molar-refractivity contribution in [2.75, 3.05) is 6.54 Å². The van der Waals surface area contributed by atoms with Gasteiger partial charge in [0.05, 0.1) is 5.25 Å². The van der Waals surface area contributed by atoms with Crippen molar-refractivity contribution in [2.45, 2.75) is 55.5 Å². The quantitative estimate of drug-likeness (QED) is 0.647. The average Bonchev–Trinajstić information content (AvgIpc) is 2.85. The lowest BCUT2D eigenvalue weighted by atomic mass is 9.97. The van der Waals surface area contributed by atoms with Crippen molar-refractivity contribution in [3.63, 3.8) is 0 Å². The van der Waals surface area contributed by atoms with Crippen LogP contribution in [-0.2, 0) is 4.79 Å². The van der Waals surface area contributed by atoms with Gasteiger partial charge in [-0.3, -0.25) is 4.79 Å². The summed E-state index contributed by atoms with van der Waals surface area (Å²) in [5.74, 6) is 0.0827. The molecule has 1 amide bonds. The molecule has 0 aliphatic heterocycles. The normalized spacial score (nSPS) is 16.6. The number of carbonyl (C=O) groups excluding carboxylic acids is 1. The molecule has 0 radical (unpaired) electrons. The number of nitrogens with one attached hydrogen (secondary N) is 1. The van der Waals surface area contributed by atoms with Gasteiger partial charge in [0.1, 0.15) is 5.01 Å². The minimum atomic E-state index is -0.123. The second-order valence-electron chi connectivity index (χ2n) is 5.00. The molecule has 0 saturated carbocycles. The van der Waals surface area contributed by atoms with Crippen LogP contribution < -0.4 is 5.32 Å². The highest BCUT2D eigenvalue weighted by Gasteiger charge is 2.16. The minimum Gasteiger partial charge on any atom is -0.355 e. The van der Waals surface area contributed by atoms with E-state index in [2.05, 4.69) is 21.6 Å². The minimum absolute atomic E-state index is 0.0827. The standard InChI is InChI=1S/C14H21N3OS2/c1-10(19-14-17-16-11(2)20-14)13(18)15-9-8-12-6-4-3-5-7-12/h6,10H,3-5,7-9H2,1-2H3,(H,15,18)/t10-/m0/s1. The smallest absolute Gasteiger partial charge is 0.233 e. The lowest BCUT2D eigenvalue weighted by Gasteiger charge is -2.14. The third-order valence-corrected chi connectivity index (χ3v) is 5.31. The Morgan fingerprint density at radius 1 is 1.50 bits per heavy atom. The van der Waals surface area contributed by atoms with E-state index in [0.717, 1.165) is 22.3 Å². The van der Waals surface area contributed by atoms with Crippen LogP contribution in [0.25, 0.3) is 0 Å². The second-order valence-corrected chi connectivity index (χ2v) is 7.77. The van der Waals surface area contributed by atoms with E-state index in [9.17, 15) is 4.79 Å². The molecule has 1 N–H and O–H groups in total. The number of thioether (sulfide) groups is 1. The van der Waals surface area contributed by atoms with Gasteiger partial charge < -0.3 is 5.32 Å². The fraction of sp³-hybridized carbons (Fsp3) is 0.643. The number of aryl methyl sites for hydroxylation is 1. The van der Waals surface area contributed by atoms with E-state index in [1.165, 1.54) is 54.4 Å². The Kier molecular flexibility index (Phi) is 6.04. The van der Waals surface area contributed by atoms with Gasteiger partial charge in [-0.15, -0.1) is 10.2 Å². The molecule has 1 atom stereocenters. The summed E-state index contributed by atoms with van der Waals surface area (Å²) in [4.78, 5) is 12.0. The van der Waals surface area contributed by atoms with E-state index in [4.69, 9.17) is 0 Å². The van der Waals surface area contributed by atoms with Crippen molar-refractivity contribution < 1.29 is 4.79 Å². The zero-order chi connectivity index (χ0) is 14.4. The molecule has 0 fully saturated rings. The largest absolute Gasteiger partial charge is 0.355 e. The van der Waals surface area contributed by atoms with Gasteiger partial charge in [-0.2, -0.15) is 0 Å². The number of rotatable bonds is 6. The molecule has 1 heterocycles. The van der Waals surface area contributed by atoms with E-state index in [0.29, 0.717) is 0 Å². The van der Waals surface area contributed by atoms with Gasteiger partial charge >= 0.3 is 0 Å². The molecule has 0 saturated heterocycles. The number of hydrogen-bond acceptors (Lipinski definition) is 5. The van der Waals surface area contributed by atoms with E-state index in [1.807, 2.05) is 13.8 Å². The van der Waals surface area contributed by atoms with Gasteiger partial charge in [0.15, 0.2) is 4.34 Å². The summed E-state index contributed by atoms with van der Waals surface area (Å²) in [6.07, 6.45) is 8.32. The fourth-order valence-corrected chi connectivity index (χ4v) is 4.14. The summed E-state index contributed by atoms with van der Waals surface area (Å²) < 4.78 is 0.861. The molecule has 0 unspecified atom stereocenters. The third kappa shape index (κ3) is 4.90. The summed E-state index contributed by atoms with van der Waals surface area (Å²) in [7, 11) is 0. The molecule has 1 aliphatic carbocycles. The molecule has 1 aromatic rings. The maximum atomic E-state index is 12.0. The molecule has 20 heavy (non-hydrogen) atoms. The van der Waals surface area contributed by atoms with E-state index in [-0.39, 0.29) is 11.2 Å². The maximum absolute atomic E-state index is 12.0. The topological polar surface area (TPSA) is 54.9 Å². The number of aromatic nitrogens is 2. The van der Waals surface area contributed by atoms with Crippen molar-refractivity contribution in [3.05, 3.63) is 16.7 Å². The van der Waals surface area contributed by atoms with Gasteiger partial charge in [0, 0.05) is 6.54 Å². The van der Waals surface area contributed by atoms with Crippen LogP contribution in [0.3, 0.4) is 0 Å². The first-order valence-electron chi connectivity index (χ1n) is 7.07. The Morgan fingerprint density at radius 2 is 2.35 bits per heavy atom. The zero-order valence-corrected chi connectivity index (χ0v) is 13.6. The Hall–Kier alpha value is -0.880. The van der Waals surface area contributed by atoms with E-state index >= 15 is 0 Å². The number of amides is 1. The highest BCUT2D eigenvalue weighted by molar-refractivity contribution is 8.02. The number of carbonyl (C=O) groups is 1. The van der Waals surface area contributed by atoms with Crippen LogP contribution in [-0.4, -0.2) is 27.9 Å². The predicted molar refractivity (Wildman–Crippen MR) is 84.1 cm³/mol. The van der Waals surface area contributed by atoms with Gasteiger partial charge in [0.25, 0.3) is 0 Å². The zero-order valence-electron chi connectivity index (χ0n) is 12.0. The van der Waals surface area contributed by atoms with Crippen molar-refractivity contribution in [3.8, 4) is 0 Å². The average molecular weight is 311 g/mol. The van der Waals surface area contributed by atoms with Crippen LogP contribution in [0.2, 0.25) is 0 Å². The molecule has 1 aliphatic rings. The van der Waals surface area contributed by atoms with Crippen molar-refractivity contribution in [1.82, 2.24) is 15.5 Å². The molecular formula is C14H21N3OS2. The lowest BCUT2D eigenvalue weighted by Crippen LogP contribution is -2.31. The summed E-state index contributed by atoms with van der Waals surface area (Å²) in [6, 6.07) is 0. The molecule has 0 aromatic carbocycles. The molecular weight excluding hydrogens is 290 g/mol. The summed E-state index contributed by atoms with van der Waals surface area (Å²) >= 11 is 3.01. The van der Waals surface area contributed by atoms with Crippen molar-refractivity contribution in [1.29, 1.82) is 0 Å². The van der Waals surface area contributed by atoms with Gasteiger partial charge in [-0.25, -0.2) is 0 Å². The van der Waals surface area contributed by atoms with Crippen LogP contribution in [0.15, 0.2) is 16.0 Å². The van der Waals surface area contributed by atoms with Crippen LogP contribution in [0, 0.1) is 6.92 Å². The van der Waals surface area contributed by atoms with Crippen LogP contribution in [0.4, 0.5) is 0 Å². The molecule has 0 spiro atoms. The highest BCUT2D eigenvalue weighted by atomic mass is 32.2. The Bertz CT molecular complexity index is 485. The van der Waals surface area contributed by atoms with Gasteiger partial charge in [-0.05, 0) is 46.0 Å².